The molecule has 0 fully saturated rings. The van der Waals surface area contributed by atoms with Gasteiger partial charge in [-0.1, -0.05) is 49.0 Å². The summed E-state index contributed by atoms with van der Waals surface area (Å²) in [4.78, 5) is 4.60. The number of nitrogens with zero attached hydrogens (tertiary/aromatic N) is 2. The first-order valence-electron chi connectivity index (χ1n) is 8.87. The van der Waals surface area contributed by atoms with Crippen LogP contribution in [0.1, 0.15) is 22.5 Å². The van der Waals surface area contributed by atoms with E-state index in [0.29, 0.717) is 30.8 Å². The maximum Gasteiger partial charge on any atom is 0.229 e. The minimum Gasteiger partial charge on any atom is -0.402 e. The van der Waals surface area contributed by atoms with Gasteiger partial charge in [-0.05, 0) is 23.3 Å². The number of benzene rings is 2. The van der Waals surface area contributed by atoms with Crippen LogP contribution < -0.4 is 10.5 Å². The first kappa shape index (κ1) is 19.7. The van der Waals surface area contributed by atoms with Gasteiger partial charge in [-0.25, -0.2) is 13.4 Å². The van der Waals surface area contributed by atoms with Crippen molar-refractivity contribution < 1.29 is 8.42 Å². The topological polar surface area (TPSA) is 90.0 Å². The van der Waals surface area contributed by atoms with Gasteiger partial charge in [-0.3, -0.25) is 4.72 Å². The molecule has 1 heterocycles. The molecule has 1 aromatic heterocycles. The van der Waals surface area contributed by atoms with Gasteiger partial charge in [0.25, 0.3) is 0 Å². The molecule has 0 aliphatic heterocycles. The van der Waals surface area contributed by atoms with Gasteiger partial charge < -0.3 is 10.3 Å². The minimum atomic E-state index is -3.32. The summed E-state index contributed by atoms with van der Waals surface area (Å²) in [5, 5.41) is 0. The summed E-state index contributed by atoms with van der Waals surface area (Å²) in [6, 6.07) is 17.5. The molecule has 3 aromatic rings. The Morgan fingerprint density at radius 3 is 2.54 bits per heavy atom. The molecule has 7 heteroatoms. The van der Waals surface area contributed by atoms with Gasteiger partial charge in [0.05, 0.1) is 18.3 Å². The van der Waals surface area contributed by atoms with Crippen LogP contribution in [0, 0.1) is 0 Å². The number of imidazole rings is 1. The van der Waals surface area contributed by atoms with Gasteiger partial charge >= 0.3 is 0 Å². The van der Waals surface area contributed by atoms with Crippen molar-refractivity contribution in [3.8, 4) is 0 Å². The van der Waals surface area contributed by atoms with E-state index in [4.69, 9.17) is 5.73 Å². The van der Waals surface area contributed by atoms with Crippen LogP contribution in [0.5, 0.6) is 0 Å². The maximum absolute atomic E-state index is 11.5. The van der Waals surface area contributed by atoms with E-state index < -0.39 is 10.0 Å². The van der Waals surface area contributed by atoms with Crippen molar-refractivity contribution in [2.45, 2.75) is 19.4 Å². The molecular weight excluding hydrogens is 372 g/mol. The Morgan fingerprint density at radius 2 is 1.86 bits per heavy atom. The molecule has 3 rings (SSSR count). The summed E-state index contributed by atoms with van der Waals surface area (Å²) in [6.45, 7) is 4.40. The third kappa shape index (κ3) is 5.47. The van der Waals surface area contributed by atoms with Crippen LogP contribution in [0.25, 0.3) is 0 Å². The highest BCUT2D eigenvalue weighted by molar-refractivity contribution is 7.92. The van der Waals surface area contributed by atoms with E-state index in [2.05, 4.69) is 28.4 Å². The molecule has 2 aromatic carbocycles. The number of hydrogen-bond donors (Lipinski definition) is 2. The lowest BCUT2D eigenvalue weighted by Gasteiger charge is -2.12. The smallest absolute Gasteiger partial charge is 0.229 e. The van der Waals surface area contributed by atoms with Crippen LogP contribution in [0.4, 0.5) is 5.69 Å². The fraction of sp³-hybridized carbons (Fsp3) is 0.190. The molecule has 0 aliphatic carbocycles. The molecule has 146 valence electrons. The molecule has 0 spiro atoms. The van der Waals surface area contributed by atoms with Crippen LogP contribution in [0.2, 0.25) is 0 Å². The van der Waals surface area contributed by atoms with Crippen molar-refractivity contribution in [1.82, 2.24) is 9.55 Å². The second kappa shape index (κ2) is 8.31. The van der Waals surface area contributed by atoms with E-state index in [1.807, 2.05) is 41.0 Å². The lowest BCUT2D eigenvalue weighted by Crippen LogP contribution is -2.11. The Hall–Kier alpha value is -3.06. The highest BCUT2D eigenvalue weighted by Crippen LogP contribution is 2.19. The third-order valence-corrected chi connectivity index (χ3v) is 4.83. The zero-order valence-electron chi connectivity index (χ0n) is 15.8. The molecule has 0 unspecified atom stereocenters. The van der Waals surface area contributed by atoms with Crippen molar-refractivity contribution in [2.24, 2.45) is 5.73 Å². The van der Waals surface area contributed by atoms with Crippen molar-refractivity contribution in [3.05, 3.63) is 95.7 Å². The van der Waals surface area contributed by atoms with E-state index in [-0.39, 0.29) is 0 Å². The number of hydrogen-bond acceptors (Lipinski definition) is 4. The Bertz CT molecular complexity index is 1070. The van der Waals surface area contributed by atoms with Crippen LogP contribution >= 0.6 is 0 Å². The summed E-state index contributed by atoms with van der Waals surface area (Å²) in [7, 11) is -3.32. The molecule has 0 saturated carbocycles. The highest BCUT2D eigenvalue weighted by atomic mass is 32.2. The normalized spacial score (nSPS) is 11.3. The van der Waals surface area contributed by atoms with Gasteiger partial charge in [-0.15, -0.1) is 0 Å². The zero-order chi connectivity index (χ0) is 20.1. The molecule has 0 saturated heterocycles. The Morgan fingerprint density at radius 1 is 1.14 bits per heavy atom. The first-order valence-corrected chi connectivity index (χ1v) is 10.8. The summed E-state index contributed by atoms with van der Waals surface area (Å²) in [6.07, 6.45) is 4.18. The first-order chi connectivity index (χ1) is 13.3. The number of aromatic nitrogens is 2. The summed E-state index contributed by atoms with van der Waals surface area (Å²) in [5.41, 5.74) is 11.1. The lowest BCUT2D eigenvalue weighted by molar-refractivity contribution is 0.607. The second-order valence-electron chi connectivity index (χ2n) is 6.84. The SMILES string of the molecule is C=C(N)Cc1c(Cc2ccccc2)ncn1Cc1cccc(NS(C)(=O)=O)c1. The van der Waals surface area contributed by atoms with Crippen LogP contribution in [-0.4, -0.2) is 24.2 Å². The number of rotatable bonds is 8. The average Bonchev–Trinajstić information content (AvgIpc) is 2.96. The Balaban J connectivity index is 1.87. The maximum atomic E-state index is 11.5. The van der Waals surface area contributed by atoms with Crippen molar-refractivity contribution >= 4 is 15.7 Å². The molecule has 0 atom stereocenters. The van der Waals surface area contributed by atoms with Crippen molar-refractivity contribution in [1.29, 1.82) is 0 Å². The predicted molar refractivity (Wildman–Crippen MR) is 113 cm³/mol. The van der Waals surface area contributed by atoms with Gasteiger partial charge in [0, 0.05) is 36.5 Å². The molecule has 0 aliphatic rings. The van der Waals surface area contributed by atoms with Gasteiger partial charge in [0.1, 0.15) is 0 Å². The number of nitrogens with two attached hydrogens (primary N) is 1. The summed E-state index contributed by atoms with van der Waals surface area (Å²) >= 11 is 0. The van der Waals surface area contributed by atoms with Crippen molar-refractivity contribution in [3.63, 3.8) is 0 Å². The third-order valence-electron chi connectivity index (χ3n) is 4.22. The van der Waals surface area contributed by atoms with Gasteiger partial charge in [-0.2, -0.15) is 0 Å². The van der Waals surface area contributed by atoms with Gasteiger partial charge in [0.2, 0.25) is 10.0 Å². The quantitative estimate of drug-likeness (QED) is 0.613. The predicted octanol–water partition coefficient (Wildman–Crippen LogP) is 2.91. The number of sulfonamides is 1. The Labute approximate surface area is 165 Å². The van der Waals surface area contributed by atoms with Crippen LogP contribution in [0.3, 0.4) is 0 Å². The summed E-state index contributed by atoms with van der Waals surface area (Å²) in [5.74, 6) is 0. The molecule has 3 N–H and O–H groups in total. The summed E-state index contributed by atoms with van der Waals surface area (Å²) < 4.78 is 27.5. The van der Waals surface area contributed by atoms with Crippen LogP contribution in [0.15, 0.2) is 73.2 Å². The molecule has 28 heavy (non-hydrogen) atoms. The zero-order valence-corrected chi connectivity index (χ0v) is 16.6. The molecule has 0 radical (unpaired) electrons. The molecule has 0 amide bonds. The van der Waals surface area contributed by atoms with Crippen molar-refractivity contribution in [2.75, 3.05) is 11.0 Å². The molecule has 0 bridgehead atoms. The molecular formula is C21H24N4O2S. The average molecular weight is 397 g/mol. The van der Waals surface area contributed by atoms with Crippen LogP contribution in [-0.2, 0) is 29.4 Å². The Kier molecular flexibility index (Phi) is 5.84. The monoisotopic (exact) mass is 396 g/mol. The van der Waals surface area contributed by atoms with E-state index in [0.717, 1.165) is 23.2 Å². The number of allylic oxidation sites excluding steroid dienone is 1. The van der Waals surface area contributed by atoms with E-state index in [1.165, 1.54) is 5.56 Å². The lowest BCUT2D eigenvalue weighted by atomic mass is 10.1. The molecule has 6 nitrogen and oxygen atoms in total. The minimum absolute atomic E-state index is 0.531. The fourth-order valence-electron chi connectivity index (χ4n) is 3.09. The van der Waals surface area contributed by atoms with E-state index in [9.17, 15) is 8.42 Å². The van der Waals surface area contributed by atoms with Gasteiger partial charge in [0.15, 0.2) is 0 Å². The largest absolute Gasteiger partial charge is 0.402 e. The van der Waals surface area contributed by atoms with E-state index >= 15 is 0 Å². The second-order valence-corrected chi connectivity index (χ2v) is 8.59. The number of anilines is 1. The fourth-order valence-corrected chi connectivity index (χ4v) is 3.64. The van der Waals surface area contributed by atoms with E-state index in [1.54, 1.807) is 12.4 Å². The standard InChI is InChI=1S/C21H24N4O2S/c1-16(22)11-21-20(13-17-7-4-3-5-8-17)23-15-25(21)14-18-9-6-10-19(12-18)24-28(2,26)27/h3-10,12,15,24H,1,11,13-14,22H2,2H3. The number of nitrogens with one attached hydrogen (secondary N) is 1. The highest BCUT2D eigenvalue weighted by Gasteiger charge is 2.13.